The lowest BCUT2D eigenvalue weighted by atomic mass is 9.76. The lowest BCUT2D eigenvalue weighted by Gasteiger charge is -2.44. The highest BCUT2D eigenvalue weighted by Gasteiger charge is 2.38. The smallest absolute Gasteiger partial charge is 0.151 e. The van der Waals surface area contributed by atoms with E-state index in [4.69, 9.17) is 5.73 Å². The number of hydrogen-bond acceptors (Lipinski definition) is 3. The fourth-order valence-electron chi connectivity index (χ4n) is 3.16. The van der Waals surface area contributed by atoms with Crippen molar-refractivity contribution in [1.82, 2.24) is 4.90 Å². The van der Waals surface area contributed by atoms with Crippen LogP contribution in [0.15, 0.2) is 0 Å². The summed E-state index contributed by atoms with van der Waals surface area (Å²) in [7, 11) is 0. The first-order valence-corrected chi connectivity index (χ1v) is 6.24. The largest absolute Gasteiger partial charge is 0.321 e. The van der Waals surface area contributed by atoms with E-state index < -0.39 is 0 Å². The summed E-state index contributed by atoms with van der Waals surface area (Å²) in [4.78, 5) is 14.2. The van der Waals surface area contributed by atoms with Gasteiger partial charge in [0.25, 0.3) is 0 Å². The Balaban J connectivity index is 0.00000128. The van der Waals surface area contributed by atoms with Gasteiger partial charge in [-0.2, -0.15) is 0 Å². The van der Waals surface area contributed by atoms with Crippen LogP contribution in [0.1, 0.15) is 39.0 Å². The number of rotatable bonds is 2. The van der Waals surface area contributed by atoms with Gasteiger partial charge in [-0.05, 0) is 44.7 Å². The van der Waals surface area contributed by atoms with E-state index in [2.05, 4.69) is 11.8 Å². The summed E-state index contributed by atoms with van der Waals surface area (Å²) < 4.78 is 0. The molecule has 2 fully saturated rings. The molecule has 1 aliphatic carbocycles. The van der Waals surface area contributed by atoms with E-state index in [-0.39, 0.29) is 36.6 Å². The van der Waals surface area contributed by atoms with Gasteiger partial charge in [-0.25, -0.2) is 0 Å². The molecular formula is C12H24Cl2N2O. The maximum absolute atomic E-state index is 11.6. The summed E-state index contributed by atoms with van der Waals surface area (Å²) in [5.74, 6) is 0.956. The summed E-state index contributed by atoms with van der Waals surface area (Å²) in [5, 5.41) is 0. The van der Waals surface area contributed by atoms with Gasteiger partial charge in [0.05, 0.1) is 6.04 Å². The number of nitrogens with two attached hydrogens (primary N) is 1. The van der Waals surface area contributed by atoms with Gasteiger partial charge in [0.1, 0.15) is 0 Å². The number of nitrogens with zero attached hydrogens (tertiary/aromatic N) is 1. The molecular weight excluding hydrogens is 259 g/mol. The van der Waals surface area contributed by atoms with Crippen LogP contribution in [0.5, 0.6) is 0 Å². The highest BCUT2D eigenvalue weighted by molar-refractivity contribution is 5.86. The van der Waals surface area contributed by atoms with Crippen LogP contribution < -0.4 is 5.73 Å². The average molecular weight is 283 g/mol. The summed E-state index contributed by atoms with van der Waals surface area (Å²) >= 11 is 0. The number of halogens is 2. The Bertz CT molecular complexity index is 242. The summed E-state index contributed by atoms with van der Waals surface area (Å²) in [5.41, 5.74) is 5.84. The van der Waals surface area contributed by atoms with Crippen molar-refractivity contribution >= 4 is 30.6 Å². The van der Waals surface area contributed by atoms with E-state index in [0.717, 1.165) is 13.0 Å². The number of carbonyl (C=O) groups excluding carboxylic acids is 1. The highest BCUT2D eigenvalue weighted by atomic mass is 35.5. The van der Waals surface area contributed by atoms with Gasteiger partial charge in [-0.3, -0.25) is 9.69 Å². The van der Waals surface area contributed by atoms with Crippen molar-refractivity contribution in [2.24, 2.45) is 11.7 Å². The fraction of sp³-hybridized carbons (Fsp3) is 0.917. The predicted molar refractivity (Wildman–Crippen MR) is 75.1 cm³/mol. The van der Waals surface area contributed by atoms with E-state index >= 15 is 0 Å². The molecule has 1 aliphatic heterocycles. The van der Waals surface area contributed by atoms with Gasteiger partial charge in [0.15, 0.2) is 5.78 Å². The van der Waals surface area contributed by atoms with Crippen molar-refractivity contribution in [3.05, 3.63) is 0 Å². The maximum atomic E-state index is 11.6. The molecule has 17 heavy (non-hydrogen) atoms. The summed E-state index contributed by atoms with van der Waals surface area (Å²) in [6.07, 6.45) is 5.35. The van der Waals surface area contributed by atoms with Gasteiger partial charge >= 0.3 is 0 Å². The summed E-state index contributed by atoms with van der Waals surface area (Å²) in [6.45, 7) is 4.53. The molecule has 102 valence electrons. The molecule has 5 heteroatoms. The number of likely N-dealkylation sites (tertiary alicyclic amines) is 1. The molecule has 3 atom stereocenters. The molecule has 0 aromatic heterocycles. The monoisotopic (exact) mass is 282 g/mol. The average Bonchev–Trinajstić information content (AvgIpc) is 2.21. The lowest BCUT2D eigenvalue weighted by molar-refractivity contribution is -0.126. The number of hydrogen-bond donors (Lipinski definition) is 1. The first kappa shape index (κ1) is 17.2. The highest BCUT2D eigenvalue weighted by Crippen LogP contribution is 2.33. The van der Waals surface area contributed by atoms with E-state index in [1.54, 1.807) is 0 Å². The molecule has 0 aromatic carbocycles. The number of ketones is 1. The van der Waals surface area contributed by atoms with Crippen LogP contribution in [0.2, 0.25) is 0 Å². The molecule has 1 unspecified atom stereocenters. The maximum Gasteiger partial charge on any atom is 0.151 e. The molecule has 3 nitrogen and oxygen atoms in total. The Morgan fingerprint density at radius 1 is 1.41 bits per heavy atom. The van der Waals surface area contributed by atoms with Crippen molar-refractivity contribution in [3.63, 3.8) is 0 Å². The molecule has 0 amide bonds. The Kier molecular flexibility index (Phi) is 7.65. The summed E-state index contributed by atoms with van der Waals surface area (Å²) in [6, 6.07) is 0.332. The third kappa shape index (κ3) is 3.82. The molecule has 1 heterocycles. The van der Waals surface area contributed by atoms with Crippen LogP contribution in [0.25, 0.3) is 0 Å². The second-order valence-electron chi connectivity index (χ2n) is 5.02. The van der Waals surface area contributed by atoms with Crippen LogP contribution in [-0.4, -0.2) is 35.9 Å². The number of fused-ring (bicyclic) bond motifs is 1. The minimum atomic E-state index is -0.173. The van der Waals surface area contributed by atoms with Gasteiger partial charge in [0, 0.05) is 12.5 Å². The Labute approximate surface area is 116 Å². The Morgan fingerprint density at radius 3 is 2.76 bits per heavy atom. The van der Waals surface area contributed by atoms with Crippen LogP contribution in [0.3, 0.4) is 0 Å². The van der Waals surface area contributed by atoms with E-state index in [9.17, 15) is 4.79 Å². The lowest BCUT2D eigenvalue weighted by Crippen LogP contribution is -2.53. The predicted octanol–water partition coefficient (Wildman–Crippen LogP) is 2.01. The number of piperidine rings is 1. The molecule has 0 radical (unpaired) electrons. The van der Waals surface area contributed by atoms with Gasteiger partial charge < -0.3 is 5.73 Å². The van der Waals surface area contributed by atoms with Crippen molar-refractivity contribution in [2.45, 2.75) is 51.1 Å². The van der Waals surface area contributed by atoms with Crippen molar-refractivity contribution in [1.29, 1.82) is 0 Å². The van der Waals surface area contributed by atoms with Crippen molar-refractivity contribution < 1.29 is 4.79 Å². The normalized spacial score (nSPS) is 33.3. The topological polar surface area (TPSA) is 46.3 Å². The van der Waals surface area contributed by atoms with Crippen LogP contribution in [0, 0.1) is 5.92 Å². The Hall–Kier alpha value is 0.170. The van der Waals surface area contributed by atoms with Gasteiger partial charge in [-0.15, -0.1) is 24.8 Å². The Morgan fingerprint density at radius 2 is 2.12 bits per heavy atom. The van der Waals surface area contributed by atoms with Gasteiger partial charge in [-0.1, -0.05) is 6.92 Å². The standard InChI is InChI=1S/C12H22N2O.2ClH/c1-2-5-14-6-3-4-9-7-10(13)12(15)8-11(9)14;;/h9-11H,2-8,13H2,1H3;2*1H/t9-,10?,11-;;/m1../s1. The van der Waals surface area contributed by atoms with E-state index in [1.165, 1.54) is 25.8 Å². The first-order valence-electron chi connectivity index (χ1n) is 6.24. The molecule has 2 rings (SSSR count). The number of carbonyl (C=O) groups is 1. The number of Topliss-reactive ketones (excluding diaryl/α,β-unsaturated/α-hetero) is 1. The minimum absolute atomic E-state index is 0. The third-order valence-corrected chi connectivity index (χ3v) is 3.92. The van der Waals surface area contributed by atoms with Crippen LogP contribution in [0.4, 0.5) is 0 Å². The van der Waals surface area contributed by atoms with Crippen molar-refractivity contribution in [2.75, 3.05) is 13.1 Å². The molecule has 0 bridgehead atoms. The minimum Gasteiger partial charge on any atom is -0.321 e. The molecule has 1 saturated heterocycles. The zero-order valence-corrected chi connectivity index (χ0v) is 12.1. The quantitative estimate of drug-likeness (QED) is 0.843. The second kappa shape index (κ2) is 7.57. The van der Waals surface area contributed by atoms with E-state index in [1.807, 2.05) is 0 Å². The molecule has 0 aromatic rings. The van der Waals surface area contributed by atoms with E-state index in [0.29, 0.717) is 18.4 Å². The second-order valence-corrected chi connectivity index (χ2v) is 5.02. The zero-order chi connectivity index (χ0) is 10.8. The molecule has 2 N–H and O–H groups in total. The van der Waals surface area contributed by atoms with Gasteiger partial charge in [0.2, 0.25) is 0 Å². The third-order valence-electron chi connectivity index (χ3n) is 3.92. The fourth-order valence-corrected chi connectivity index (χ4v) is 3.16. The molecule has 2 aliphatic rings. The molecule has 0 spiro atoms. The van der Waals surface area contributed by atoms with Crippen LogP contribution in [-0.2, 0) is 4.79 Å². The first-order chi connectivity index (χ1) is 7.22. The zero-order valence-electron chi connectivity index (χ0n) is 10.4. The molecule has 1 saturated carbocycles. The van der Waals surface area contributed by atoms with Crippen LogP contribution >= 0.6 is 24.8 Å². The SMILES string of the molecule is CCCN1CCC[C@@H]2CC(N)C(=O)C[C@H]21.Cl.Cl. The van der Waals surface area contributed by atoms with Crippen molar-refractivity contribution in [3.8, 4) is 0 Å².